The van der Waals surface area contributed by atoms with Crippen LogP contribution in [-0.2, 0) is 16.6 Å². The molecule has 1 unspecified atom stereocenters. The predicted octanol–water partition coefficient (Wildman–Crippen LogP) is 3.87. The van der Waals surface area contributed by atoms with Crippen LogP contribution in [0.3, 0.4) is 0 Å². The first-order valence-corrected chi connectivity index (χ1v) is 7.86. The SMILES string of the molecule is Nc1ccc(CS(=O)c2ccc3ccccc3c2)cc1F. The Morgan fingerprint density at radius 1 is 0.952 bits per heavy atom. The van der Waals surface area contributed by atoms with Gasteiger partial charge in [0.25, 0.3) is 0 Å². The van der Waals surface area contributed by atoms with Crippen LogP contribution in [0.4, 0.5) is 10.1 Å². The van der Waals surface area contributed by atoms with Gasteiger partial charge in [0.2, 0.25) is 0 Å². The Kier molecular flexibility index (Phi) is 3.71. The van der Waals surface area contributed by atoms with Gasteiger partial charge in [0.05, 0.1) is 22.2 Å². The van der Waals surface area contributed by atoms with Gasteiger partial charge in [-0.3, -0.25) is 4.21 Å². The maximum atomic E-state index is 13.4. The zero-order chi connectivity index (χ0) is 14.8. The Morgan fingerprint density at radius 2 is 1.71 bits per heavy atom. The molecule has 0 aliphatic rings. The minimum atomic E-state index is -1.21. The monoisotopic (exact) mass is 299 g/mol. The van der Waals surface area contributed by atoms with E-state index in [2.05, 4.69) is 0 Å². The summed E-state index contributed by atoms with van der Waals surface area (Å²) < 4.78 is 25.8. The second kappa shape index (κ2) is 5.66. The van der Waals surface area contributed by atoms with E-state index in [-0.39, 0.29) is 11.4 Å². The third-order valence-electron chi connectivity index (χ3n) is 3.35. The molecule has 4 heteroatoms. The molecule has 0 aliphatic heterocycles. The molecule has 3 aromatic rings. The number of benzene rings is 3. The molecule has 0 radical (unpaired) electrons. The first-order valence-electron chi connectivity index (χ1n) is 6.54. The lowest BCUT2D eigenvalue weighted by molar-refractivity contribution is 0.631. The molecule has 2 N–H and O–H groups in total. The van der Waals surface area contributed by atoms with E-state index in [9.17, 15) is 8.60 Å². The van der Waals surface area contributed by atoms with Gasteiger partial charge < -0.3 is 5.73 Å². The molecule has 0 saturated heterocycles. The van der Waals surface area contributed by atoms with Gasteiger partial charge in [-0.25, -0.2) is 4.39 Å². The highest BCUT2D eigenvalue weighted by molar-refractivity contribution is 7.84. The first kappa shape index (κ1) is 13.8. The minimum absolute atomic E-state index is 0.107. The third-order valence-corrected chi connectivity index (χ3v) is 4.72. The van der Waals surface area contributed by atoms with E-state index in [1.54, 1.807) is 6.07 Å². The molecule has 106 valence electrons. The summed E-state index contributed by atoms with van der Waals surface area (Å²) in [6.45, 7) is 0. The first-order chi connectivity index (χ1) is 10.1. The van der Waals surface area contributed by atoms with Crippen LogP contribution in [0.25, 0.3) is 10.8 Å². The van der Waals surface area contributed by atoms with Crippen molar-refractivity contribution in [1.82, 2.24) is 0 Å². The highest BCUT2D eigenvalue weighted by Gasteiger charge is 2.08. The van der Waals surface area contributed by atoms with Crippen molar-refractivity contribution in [2.45, 2.75) is 10.6 Å². The molecule has 0 amide bonds. The van der Waals surface area contributed by atoms with Crippen LogP contribution in [0.5, 0.6) is 0 Å². The largest absolute Gasteiger partial charge is 0.396 e. The summed E-state index contributed by atoms with van der Waals surface area (Å²) in [5, 5.41) is 2.16. The number of nitrogens with two attached hydrogens (primary N) is 1. The van der Waals surface area contributed by atoms with Gasteiger partial charge in [0.1, 0.15) is 5.82 Å². The van der Waals surface area contributed by atoms with Crippen molar-refractivity contribution in [3.8, 4) is 0 Å². The summed E-state index contributed by atoms with van der Waals surface area (Å²) >= 11 is 0. The van der Waals surface area contributed by atoms with E-state index in [1.165, 1.54) is 12.1 Å². The highest BCUT2D eigenvalue weighted by atomic mass is 32.2. The van der Waals surface area contributed by atoms with Crippen molar-refractivity contribution < 1.29 is 8.60 Å². The van der Waals surface area contributed by atoms with E-state index in [0.717, 1.165) is 15.7 Å². The van der Waals surface area contributed by atoms with E-state index in [4.69, 9.17) is 5.73 Å². The number of rotatable bonds is 3. The second-order valence-electron chi connectivity index (χ2n) is 4.85. The summed E-state index contributed by atoms with van der Waals surface area (Å²) in [6, 6.07) is 18.2. The molecule has 0 spiro atoms. The van der Waals surface area contributed by atoms with Gasteiger partial charge in [0, 0.05) is 4.90 Å². The number of halogens is 1. The minimum Gasteiger partial charge on any atom is -0.396 e. The zero-order valence-corrected chi connectivity index (χ0v) is 12.1. The van der Waals surface area contributed by atoms with E-state index >= 15 is 0 Å². The molecular formula is C17H14FNOS. The number of hydrogen-bond acceptors (Lipinski definition) is 2. The summed E-state index contributed by atoms with van der Waals surface area (Å²) in [6.07, 6.45) is 0. The lowest BCUT2D eigenvalue weighted by atomic mass is 10.1. The molecule has 3 aromatic carbocycles. The van der Waals surface area contributed by atoms with Crippen molar-refractivity contribution >= 4 is 27.3 Å². The molecule has 0 fully saturated rings. The molecule has 21 heavy (non-hydrogen) atoms. The zero-order valence-electron chi connectivity index (χ0n) is 11.3. The fourth-order valence-corrected chi connectivity index (χ4v) is 3.33. The lowest BCUT2D eigenvalue weighted by Crippen LogP contribution is -1.98. The normalized spacial score (nSPS) is 12.4. The van der Waals surface area contributed by atoms with Gasteiger partial charge in [0.15, 0.2) is 0 Å². The standard InChI is InChI=1S/C17H14FNOS/c18-16-9-12(5-8-17(16)19)11-21(20)15-7-6-13-3-1-2-4-14(13)10-15/h1-10H,11,19H2. The Balaban J connectivity index is 1.87. The van der Waals surface area contributed by atoms with Crippen LogP contribution in [0.15, 0.2) is 65.6 Å². The molecule has 0 bridgehead atoms. The van der Waals surface area contributed by atoms with Crippen LogP contribution in [-0.4, -0.2) is 4.21 Å². The van der Waals surface area contributed by atoms with Gasteiger partial charge in [-0.1, -0.05) is 36.4 Å². The maximum Gasteiger partial charge on any atom is 0.146 e. The number of anilines is 1. The smallest absolute Gasteiger partial charge is 0.146 e. The number of hydrogen-bond donors (Lipinski definition) is 1. The number of fused-ring (bicyclic) bond motifs is 1. The summed E-state index contributed by atoms with van der Waals surface area (Å²) in [4.78, 5) is 0.742. The molecular weight excluding hydrogens is 285 g/mol. The van der Waals surface area contributed by atoms with E-state index in [1.807, 2.05) is 42.5 Å². The molecule has 3 rings (SSSR count). The average Bonchev–Trinajstić information content (AvgIpc) is 2.50. The van der Waals surface area contributed by atoms with Crippen LogP contribution >= 0.6 is 0 Å². The molecule has 0 heterocycles. The molecule has 2 nitrogen and oxygen atoms in total. The fraction of sp³-hybridized carbons (Fsp3) is 0.0588. The van der Waals surface area contributed by atoms with Crippen LogP contribution < -0.4 is 5.73 Å². The van der Waals surface area contributed by atoms with Gasteiger partial charge in [-0.2, -0.15) is 0 Å². The highest BCUT2D eigenvalue weighted by Crippen LogP contribution is 2.21. The Bertz CT molecular complexity index is 832. The Labute approximate surface area is 124 Å². The van der Waals surface area contributed by atoms with Gasteiger partial charge in [-0.05, 0) is 40.6 Å². The van der Waals surface area contributed by atoms with Gasteiger partial charge >= 0.3 is 0 Å². The number of nitrogen functional groups attached to an aromatic ring is 1. The average molecular weight is 299 g/mol. The fourth-order valence-electron chi connectivity index (χ4n) is 2.20. The van der Waals surface area contributed by atoms with E-state index < -0.39 is 16.6 Å². The summed E-state index contributed by atoms with van der Waals surface area (Å²) in [5.74, 6) is -0.196. The summed E-state index contributed by atoms with van der Waals surface area (Å²) in [5.41, 5.74) is 6.22. The van der Waals surface area contributed by atoms with Crippen molar-refractivity contribution in [3.05, 3.63) is 72.0 Å². The topological polar surface area (TPSA) is 43.1 Å². The Morgan fingerprint density at radius 3 is 2.48 bits per heavy atom. The van der Waals surface area contributed by atoms with Crippen molar-refractivity contribution in [1.29, 1.82) is 0 Å². The molecule has 0 aromatic heterocycles. The third kappa shape index (κ3) is 2.95. The second-order valence-corrected chi connectivity index (χ2v) is 6.31. The molecule has 1 atom stereocenters. The quantitative estimate of drug-likeness (QED) is 0.746. The Hall–Kier alpha value is -2.20. The molecule has 0 saturated carbocycles. The maximum absolute atomic E-state index is 13.4. The predicted molar refractivity (Wildman–Crippen MR) is 84.9 cm³/mol. The summed E-state index contributed by atoms with van der Waals surface area (Å²) in [7, 11) is -1.21. The van der Waals surface area contributed by atoms with Crippen molar-refractivity contribution in [2.24, 2.45) is 0 Å². The molecule has 0 aliphatic carbocycles. The van der Waals surface area contributed by atoms with E-state index in [0.29, 0.717) is 5.56 Å². The van der Waals surface area contributed by atoms with Gasteiger partial charge in [-0.15, -0.1) is 0 Å². The van der Waals surface area contributed by atoms with Crippen molar-refractivity contribution in [3.63, 3.8) is 0 Å². The van der Waals surface area contributed by atoms with Crippen molar-refractivity contribution in [2.75, 3.05) is 5.73 Å². The van der Waals surface area contributed by atoms with Crippen LogP contribution in [0.2, 0.25) is 0 Å². The lowest BCUT2D eigenvalue weighted by Gasteiger charge is -2.06. The van der Waals surface area contributed by atoms with Crippen LogP contribution in [0, 0.1) is 5.82 Å². The van der Waals surface area contributed by atoms with Crippen LogP contribution in [0.1, 0.15) is 5.56 Å².